The minimum absolute atomic E-state index is 0. The number of morpholine rings is 2. The van der Waals surface area contributed by atoms with Crippen LogP contribution in [0.5, 0.6) is 0 Å². The SMILES string of the molecule is C[C@H]1OCCN[C@@H]1C(=O)NCc1ccc(CN2CCOCC2)cc1.Cl.Cl. The fraction of sp³-hybridized carbons (Fsp3) is 0.611. The highest BCUT2D eigenvalue weighted by atomic mass is 35.5. The maximum absolute atomic E-state index is 12.2. The van der Waals surface area contributed by atoms with Crippen molar-refractivity contribution in [1.29, 1.82) is 0 Å². The van der Waals surface area contributed by atoms with E-state index in [2.05, 4.69) is 39.8 Å². The summed E-state index contributed by atoms with van der Waals surface area (Å²) in [5, 5.41) is 6.20. The molecule has 2 atom stereocenters. The van der Waals surface area contributed by atoms with Crippen LogP contribution in [0, 0.1) is 0 Å². The van der Waals surface area contributed by atoms with Gasteiger partial charge in [0.05, 0.1) is 25.9 Å². The lowest BCUT2D eigenvalue weighted by Crippen LogP contribution is -2.55. The second-order valence-corrected chi connectivity index (χ2v) is 6.43. The molecule has 0 aliphatic carbocycles. The first kappa shape index (κ1) is 23.1. The quantitative estimate of drug-likeness (QED) is 0.773. The number of hydrogen-bond donors (Lipinski definition) is 2. The predicted molar refractivity (Wildman–Crippen MR) is 106 cm³/mol. The lowest BCUT2D eigenvalue weighted by atomic mass is 10.1. The van der Waals surface area contributed by atoms with Crippen LogP contribution in [-0.4, -0.2) is 62.4 Å². The van der Waals surface area contributed by atoms with Crippen molar-refractivity contribution in [2.45, 2.75) is 32.2 Å². The molecule has 1 aromatic rings. The third-order valence-electron chi connectivity index (χ3n) is 4.60. The molecule has 148 valence electrons. The molecule has 0 aromatic heterocycles. The summed E-state index contributed by atoms with van der Waals surface area (Å²) in [6.07, 6.45) is -0.0883. The van der Waals surface area contributed by atoms with Gasteiger partial charge in [0.2, 0.25) is 5.91 Å². The van der Waals surface area contributed by atoms with Gasteiger partial charge in [-0.1, -0.05) is 24.3 Å². The molecule has 6 nitrogen and oxygen atoms in total. The number of benzene rings is 1. The molecular weight excluding hydrogens is 377 g/mol. The minimum Gasteiger partial charge on any atom is -0.379 e. The van der Waals surface area contributed by atoms with Gasteiger partial charge in [0.25, 0.3) is 0 Å². The Morgan fingerprint density at radius 1 is 1.15 bits per heavy atom. The molecule has 8 heteroatoms. The van der Waals surface area contributed by atoms with Gasteiger partial charge < -0.3 is 20.1 Å². The predicted octanol–water partition coefficient (Wildman–Crippen LogP) is 1.36. The maximum Gasteiger partial charge on any atom is 0.240 e. The maximum atomic E-state index is 12.2. The van der Waals surface area contributed by atoms with Gasteiger partial charge >= 0.3 is 0 Å². The van der Waals surface area contributed by atoms with Crippen molar-refractivity contribution in [3.63, 3.8) is 0 Å². The summed E-state index contributed by atoms with van der Waals surface area (Å²) in [6.45, 7) is 8.44. The second kappa shape index (κ2) is 11.7. The largest absolute Gasteiger partial charge is 0.379 e. The first-order valence-electron chi connectivity index (χ1n) is 8.73. The van der Waals surface area contributed by atoms with Crippen molar-refractivity contribution in [2.24, 2.45) is 0 Å². The first-order chi connectivity index (χ1) is 11.7. The Hall–Kier alpha value is -0.890. The average Bonchev–Trinajstić information content (AvgIpc) is 2.62. The summed E-state index contributed by atoms with van der Waals surface area (Å²) in [6, 6.07) is 8.19. The number of carbonyl (C=O) groups excluding carboxylic acids is 1. The molecule has 0 spiro atoms. The zero-order valence-electron chi connectivity index (χ0n) is 15.1. The number of nitrogens with one attached hydrogen (secondary N) is 2. The highest BCUT2D eigenvalue weighted by Crippen LogP contribution is 2.10. The van der Waals surface area contributed by atoms with E-state index in [-0.39, 0.29) is 42.9 Å². The molecule has 1 amide bonds. The Balaban J connectivity index is 0.00000169. The molecule has 2 fully saturated rings. The Kier molecular flexibility index (Phi) is 10.5. The highest BCUT2D eigenvalue weighted by Gasteiger charge is 2.27. The van der Waals surface area contributed by atoms with Gasteiger partial charge in [-0.3, -0.25) is 9.69 Å². The molecule has 26 heavy (non-hydrogen) atoms. The van der Waals surface area contributed by atoms with Crippen molar-refractivity contribution in [1.82, 2.24) is 15.5 Å². The molecule has 2 aliphatic rings. The number of hydrogen-bond acceptors (Lipinski definition) is 5. The molecule has 1 aromatic carbocycles. The topological polar surface area (TPSA) is 62.8 Å². The molecule has 2 saturated heterocycles. The van der Waals surface area contributed by atoms with E-state index in [0.717, 1.165) is 45.0 Å². The van der Waals surface area contributed by atoms with Gasteiger partial charge in [-0.2, -0.15) is 0 Å². The number of rotatable bonds is 5. The van der Waals surface area contributed by atoms with Gasteiger partial charge in [0.1, 0.15) is 6.04 Å². The van der Waals surface area contributed by atoms with E-state index in [0.29, 0.717) is 13.2 Å². The Labute approximate surface area is 167 Å². The summed E-state index contributed by atoms with van der Waals surface area (Å²) >= 11 is 0. The van der Waals surface area contributed by atoms with Gasteiger partial charge in [-0.15, -0.1) is 24.8 Å². The number of halogens is 2. The Morgan fingerprint density at radius 3 is 2.46 bits per heavy atom. The molecule has 0 bridgehead atoms. The van der Waals surface area contributed by atoms with Gasteiger partial charge in [0, 0.05) is 32.7 Å². The van der Waals surface area contributed by atoms with Gasteiger partial charge in [0.15, 0.2) is 0 Å². The van der Waals surface area contributed by atoms with Crippen LogP contribution < -0.4 is 10.6 Å². The van der Waals surface area contributed by atoms with E-state index in [9.17, 15) is 4.79 Å². The number of ether oxygens (including phenoxy) is 2. The highest BCUT2D eigenvalue weighted by molar-refractivity contribution is 5.85. The third kappa shape index (κ3) is 6.68. The summed E-state index contributed by atoms with van der Waals surface area (Å²) in [5.74, 6) is -0.000377. The summed E-state index contributed by atoms with van der Waals surface area (Å²) in [4.78, 5) is 14.6. The Bertz CT molecular complexity index is 539. The molecule has 2 N–H and O–H groups in total. The molecular formula is C18H29Cl2N3O3. The molecule has 0 unspecified atom stereocenters. The average molecular weight is 406 g/mol. The summed E-state index contributed by atoms with van der Waals surface area (Å²) < 4.78 is 10.9. The molecule has 0 saturated carbocycles. The van der Waals surface area contributed by atoms with Crippen LogP contribution in [0.3, 0.4) is 0 Å². The second-order valence-electron chi connectivity index (χ2n) is 6.43. The lowest BCUT2D eigenvalue weighted by Gasteiger charge is -2.29. The van der Waals surface area contributed by atoms with E-state index in [4.69, 9.17) is 9.47 Å². The van der Waals surface area contributed by atoms with Crippen LogP contribution in [0.15, 0.2) is 24.3 Å². The van der Waals surface area contributed by atoms with E-state index in [1.54, 1.807) is 0 Å². The van der Waals surface area contributed by atoms with Crippen molar-refractivity contribution in [3.05, 3.63) is 35.4 Å². The smallest absolute Gasteiger partial charge is 0.240 e. The molecule has 3 rings (SSSR count). The summed E-state index contributed by atoms with van der Waals surface area (Å²) in [7, 11) is 0. The first-order valence-corrected chi connectivity index (χ1v) is 8.73. The molecule has 2 heterocycles. The number of carbonyl (C=O) groups is 1. The lowest BCUT2D eigenvalue weighted by molar-refractivity contribution is -0.129. The monoisotopic (exact) mass is 405 g/mol. The fourth-order valence-electron chi connectivity index (χ4n) is 3.11. The van der Waals surface area contributed by atoms with Crippen LogP contribution >= 0.6 is 24.8 Å². The van der Waals surface area contributed by atoms with E-state index >= 15 is 0 Å². The van der Waals surface area contributed by atoms with Crippen molar-refractivity contribution in [2.75, 3.05) is 39.5 Å². The standard InChI is InChI=1S/C18H27N3O3.2ClH/c1-14-17(19-6-9-24-14)18(22)20-12-15-2-4-16(5-3-15)13-21-7-10-23-11-8-21;;/h2-5,14,17,19H,6-13H2,1H3,(H,20,22);2*1H/t14-,17+;;/m1../s1. The number of nitrogens with zero attached hydrogens (tertiary/aromatic N) is 1. The molecule has 2 aliphatic heterocycles. The van der Waals surface area contributed by atoms with Gasteiger partial charge in [-0.25, -0.2) is 0 Å². The van der Waals surface area contributed by atoms with Crippen molar-refractivity contribution >= 4 is 30.7 Å². The van der Waals surface area contributed by atoms with Crippen molar-refractivity contribution < 1.29 is 14.3 Å². The van der Waals surface area contributed by atoms with E-state index in [1.165, 1.54) is 5.56 Å². The fourth-order valence-corrected chi connectivity index (χ4v) is 3.11. The molecule has 0 radical (unpaired) electrons. The zero-order chi connectivity index (χ0) is 16.8. The third-order valence-corrected chi connectivity index (χ3v) is 4.60. The zero-order valence-corrected chi connectivity index (χ0v) is 16.7. The van der Waals surface area contributed by atoms with Crippen molar-refractivity contribution in [3.8, 4) is 0 Å². The van der Waals surface area contributed by atoms with Crippen LogP contribution in [0.4, 0.5) is 0 Å². The number of amides is 1. The van der Waals surface area contributed by atoms with Crippen LogP contribution in [0.25, 0.3) is 0 Å². The van der Waals surface area contributed by atoms with Crippen LogP contribution in [-0.2, 0) is 27.4 Å². The van der Waals surface area contributed by atoms with E-state index < -0.39 is 0 Å². The van der Waals surface area contributed by atoms with Crippen LogP contribution in [0.1, 0.15) is 18.1 Å². The summed E-state index contributed by atoms with van der Waals surface area (Å²) in [5.41, 5.74) is 2.40. The van der Waals surface area contributed by atoms with Gasteiger partial charge in [-0.05, 0) is 18.1 Å². The minimum atomic E-state index is -0.264. The van der Waals surface area contributed by atoms with E-state index in [1.807, 2.05) is 6.92 Å². The van der Waals surface area contributed by atoms with Crippen LogP contribution in [0.2, 0.25) is 0 Å². The Morgan fingerprint density at radius 2 is 1.81 bits per heavy atom. The normalized spacial score (nSPS) is 23.4.